The van der Waals surface area contributed by atoms with E-state index in [9.17, 15) is 5.11 Å². The van der Waals surface area contributed by atoms with Crippen LogP contribution in [-0.4, -0.2) is 21.3 Å². The third-order valence-corrected chi connectivity index (χ3v) is 4.29. The van der Waals surface area contributed by atoms with E-state index in [-0.39, 0.29) is 12.6 Å². The van der Waals surface area contributed by atoms with Crippen molar-refractivity contribution in [1.29, 1.82) is 0 Å². The molecule has 0 fully saturated rings. The maximum Gasteiger partial charge on any atom is 0.114 e. The van der Waals surface area contributed by atoms with Crippen molar-refractivity contribution >= 4 is 11.3 Å². The number of aryl methyl sites for hydroxylation is 1. The van der Waals surface area contributed by atoms with Crippen LogP contribution in [0, 0.1) is 0 Å². The first-order chi connectivity index (χ1) is 8.38. The zero-order chi connectivity index (χ0) is 11.7. The molecule has 0 radical (unpaired) electrons. The molecule has 0 aliphatic carbocycles. The Balaban J connectivity index is 1.93. The maximum atomic E-state index is 9.46. The Morgan fingerprint density at radius 3 is 3.24 bits per heavy atom. The van der Waals surface area contributed by atoms with Crippen LogP contribution in [-0.2, 0) is 12.8 Å². The number of hydrogen-bond acceptors (Lipinski definition) is 3. The van der Waals surface area contributed by atoms with Gasteiger partial charge in [-0.1, -0.05) is 6.07 Å². The van der Waals surface area contributed by atoms with Gasteiger partial charge in [-0.2, -0.15) is 0 Å². The predicted octanol–water partition coefficient (Wildman–Crippen LogP) is 2.41. The first kappa shape index (κ1) is 11.0. The minimum absolute atomic E-state index is 0.223. The molecule has 0 saturated carbocycles. The van der Waals surface area contributed by atoms with Gasteiger partial charge < -0.3 is 9.67 Å². The molecule has 2 aromatic heterocycles. The maximum absolute atomic E-state index is 9.46. The highest BCUT2D eigenvalue weighted by Gasteiger charge is 2.22. The van der Waals surface area contributed by atoms with Gasteiger partial charge in [-0.25, -0.2) is 4.98 Å². The van der Waals surface area contributed by atoms with E-state index >= 15 is 0 Å². The molecule has 1 aliphatic heterocycles. The summed E-state index contributed by atoms with van der Waals surface area (Å²) in [6, 6.07) is 4.45. The van der Waals surface area contributed by atoms with Crippen molar-refractivity contribution in [2.75, 3.05) is 6.61 Å². The van der Waals surface area contributed by atoms with Crippen LogP contribution >= 0.6 is 11.3 Å². The molecule has 0 amide bonds. The molecule has 3 rings (SSSR count). The minimum Gasteiger partial charge on any atom is -0.394 e. The van der Waals surface area contributed by atoms with Crippen LogP contribution in [0.25, 0.3) is 0 Å². The SMILES string of the molecule is OCC1CCCc2cnc(Cc3cccs3)n21. The van der Waals surface area contributed by atoms with E-state index in [2.05, 4.69) is 27.1 Å². The largest absolute Gasteiger partial charge is 0.394 e. The topological polar surface area (TPSA) is 38.1 Å². The van der Waals surface area contributed by atoms with Crippen LogP contribution in [0.4, 0.5) is 0 Å². The summed E-state index contributed by atoms with van der Waals surface area (Å²) in [5.41, 5.74) is 1.28. The standard InChI is InChI=1S/C13H16N2OS/c16-9-11-4-1-3-10-8-14-13(15(10)11)7-12-5-2-6-17-12/h2,5-6,8,11,16H,1,3-4,7,9H2. The van der Waals surface area contributed by atoms with E-state index in [1.165, 1.54) is 10.6 Å². The van der Waals surface area contributed by atoms with Crippen molar-refractivity contribution in [3.05, 3.63) is 40.1 Å². The Bertz CT molecular complexity index is 489. The van der Waals surface area contributed by atoms with Gasteiger partial charge in [0.25, 0.3) is 0 Å². The van der Waals surface area contributed by atoms with Gasteiger partial charge >= 0.3 is 0 Å². The summed E-state index contributed by atoms with van der Waals surface area (Å²) in [7, 11) is 0. The summed E-state index contributed by atoms with van der Waals surface area (Å²) in [5, 5.41) is 11.6. The summed E-state index contributed by atoms with van der Waals surface area (Å²) in [6.07, 6.45) is 6.18. The smallest absolute Gasteiger partial charge is 0.114 e. The molecular weight excluding hydrogens is 232 g/mol. The summed E-state index contributed by atoms with van der Waals surface area (Å²) < 4.78 is 2.25. The zero-order valence-corrected chi connectivity index (χ0v) is 10.5. The second kappa shape index (κ2) is 4.63. The lowest BCUT2D eigenvalue weighted by atomic mass is 10.0. The summed E-state index contributed by atoms with van der Waals surface area (Å²) in [5.74, 6) is 1.10. The number of nitrogens with zero attached hydrogens (tertiary/aromatic N) is 2. The Morgan fingerprint density at radius 1 is 1.53 bits per heavy atom. The van der Waals surface area contributed by atoms with Crippen molar-refractivity contribution in [2.45, 2.75) is 31.7 Å². The van der Waals surface area contributed by atoms with E-state index < -0.39 is 0 Å². The molecule has 1 aliphatic rings. The summed E-state index contributed by atoms with van der Waals surface area (Å²) in [4.78, 5) is 5.86. The van der Waals surface area contributed by atoms with Crippen molar-refractivity contribution in [3.8, 4) is 0 Å². The van der Waals surface area contributed by atoms with Crippen LogP contribution in [0.15, 0.2) is 23.7 Å². The highest BCUT2D eigenvalue weighted by molar-refractivity contribution is 7.09. The predicted molar refractivity (Wildman–Crippen MR) is 68.4 cm³/mol. The van der Waals surface area contributed by atoms with Gasteiger partial charge in [0.05, 0.1) is 12.6 Å². The van der Waals surface area contributed by atoms with E-state index in [0.717, 1.165) is 31.5 Å². The molecule has 3 nitrogen and oxygen atoms in total. The molecule has 3 heterocycles. The number of aliphatic hydroxyl groups excluding tert-OH is 1. The van der Waals surface area contributed by atoms with Crippen LogP contribution in [0.2, 0.25) is 0 Å². The molecule has 0 saturated heterocycles. The molecule has 90 valence electrons. The van der Waals surface area contributed by atoms with Crippen LogP contribution < -0.4 is 0 Å². The fourth-order valence-corrected chi connectivity index (χ4v) is 3.29. The van der Waals surface area contributed by atoms with E-state index in [1.54, 1.807) is 11.3 Å². The third-order valence-electron chi connectivity index (χ3n) is 3.41. The Hall–Kier alpha value is -1.13. The normalized spacial score (nSPS) is 19.2. The number of hydrogen-bond donors (Lipinski definition) is 1. The van der Waals surface area contributed by atoms with Gasteiger partial charge in [-0.3, -0.25) is 0 Å². The third kappa shape index (κ3) is 2.03. The quantitative estimate of drug-likeness (QED) is 0.905. The van der Waals surface area contributed by atoms with Gasteiger partial charge in [0.15, 0.2) is 0 Å². The van der Waals surface area contributed by atoms with Crippen molar-refractivity contribution in [1.82, 2.24) is 9.55 Å². The molecule has 0 spiro atoms. The van der Waals surface area contributed by atoms with Crippen molar-refractivity contribution < 1.29 is 5.11 Å². The van der Waals surface area contributed by atoms with Crippen LogP contribution in [0.3, 0.4) is 0 Å². The Kier molecular flexibility index (Phi) is 2.99. The van der Waals surface area contributed by atoms with E-state index in [4.69, 9.17) is 0 Å². The fourth-order valence-electron chi connectivity index (χ4n) is 2.59. The Labute approximate surface area is 105 Å². The first-order valence-corrected chi connectivity index (χ1v) is 6.94. The van der Waals surface area contributed by atoms with E-state index in [0.29, 0.717) is 0 Å². The second-order valence-corrected chi connectivity index (χ2v) is 5.55. The number of rotatable bonds is 3. The Morgan fingerprint density at radius 2 is 2.47 bits per heavy atom. The summed E-state index contributed by atoms with van der Waals surface area (Å²) >= 11 is 1.76. The number of aliphatic hydroxyl groups is 1. The van der Waals surface area contributed by atoms with Gasteiger partial charge in [-0.15, -0.1) is 11.3 Å². The van der Waals surface area contributed by atoms with Gasteiger partial charge in [-0.05, 0) is 30.7 Å². The van der Waals surface area contributed by atoms with Crippen molar-refractivity contribution in [2.24, 2.45) is 0 Å². The van der Waals surface area contributed by atoms with Gasteiger partial charge in [0.2, 0.25) is 0 Å². The molecule has 1 atom stereocenters. The highest BCUT2D eigenvalue weighted by atomic mass is 32.1. The molecule has 1 N–H and O–H groups in total. The lowest BCUT2D eigenvalue weighted by Gasteiger charge is -2.25. The molecule has 0 bridgehead atoms. The number of imidazole rings is 1. The fraction of sp³-hybridized carbons (Fsp3) is 0.462. The molecular formula is C13H16N2OS. The molecule has 2 aromatic rings. The molecule has 17 heavy (non-hydrogen) atoms. The molecule has 4 heteroatoms. The van der Waals surface area contributed by atoms with Crippen LogP contribution in [0.5, 0.6) is 0 Å². The zero-order valence-electron chi connectivity index (χ0n) is 9.67. The monoisotopic (exact) mass is 248 g/mol. The average Bonchev–Trinajstić information content (AvgIpc) is 2.99. The van der Waals surface area contributed by atoms with Crippen molar-refractivity contribution in [3.63, 3.8) is 0 Å². The lowest BCUT2D eigenvalue weighted by Crippen LogP contribution is -2.22. The van der Waals surface area contributed by atoms with E-state index in [1.807, 2.05) is 6.20 Å². The number of aromatic nitrogens is 2. The second-order valence-electron chi connectivity index (χ2n) is 4.52. The first-order valence-electron chi connectivity index (χ1n) is 6.06. The lowest BCUT2D eigenvalue weighted by molar-refractivity contribution is 0.204. The molecule has 1 unspecified atom stereocenters. The number of thiophene rings is 1. The average molecular weight is 248 g/mol. The van der Waals surface area contributed by atoms with Gasteiger partial charge in [0.1, 0.15) is 5.82 Å². The van der Waals surface area contributed by atoms with Crippen LogP contribution in [0.1, 0.15) is 35.3 Å². The minimum atomic E-state index is 0.223. The van der Waals surface area contributed by atoms with Gasteiger partial charge in [0, 0.05) is 23.2 Å². The molecule has 0 aromatic carbocycles. The number of fused-ring (bicyclic) bond motifs is 1. The summed E-state index contributed by atoms with van der Waals surface area (Å²) in [6.45, 7) is 0.223. The highest BCUT2D eigenvalue weighted by Crippen LogP contribution is 2.27.